The standard InChI is InChI=1S/C13H13NO4S/c1-8-4-11(15)14(13(8)18)6-10-5-9(7-19-10)2-3-12(16)17/h2-3,5,7-8H,4,6H2,1H3,(H,16,17). The van der Waals surface area contributed by atoms with E-state index < -0.39 is 5.97 Å². The summed E-state index contributed by atoms with van der Waals surface area (Å²) < 4.78 is 0. The minimum atomic E-state index is -1.01. The van der Waals surface area contributed by atoms with Crippen LogP contribution in [0.4, 0.5) is 0 Å². The molecule has 0 spiro atoms. The molecular formula is C13H13NO4S. The van der Waals surface area contributed by atoms with Crippen molar-refractivity contribution in [2.24, 2.45) is 5.92 Å². The van der Waals surface area contributed by atoms with Gasteiger partial charge in [0.2, 0.25) is 11.8 Å². The molecule has 0 saturated carbocycles. The molecule has 0 aliphatic carbocycles. The Hall–Kier alpha value is -1.95. The van der Waals surface area contributed by atoms with Gasteiger partial charge in [0.15, 0.2) is 0 Å². The number of likely N-dealkylation sites (tertiary alicyclic amines) is 1. The average Bonchev–Trinajstić information content (AvgIpc) is 2.88. The molecule has 0 aromatic carbocycles. The van der Waals surface area contributed by atoms with Crippen molar-refractivity contribution in [3.8, 4) is 0 Å². The number of rotatable bonds is 4. The summed E-state index contributed by atoms with van der Waals surface area (Å²) in [4.78, 5) is 35.9. The second-order valence-corrected chi connectivity index (χ2v) is 5.44. The van der Waals surface area contributed by atoms with Gasteiger partial charge in [0.1, 0.15) is 0 Å². The Labute approximate surface area is 114 Å². The summed E-state index contributed by atoms with van der Waals surface area (Å²) in [5.41, 5.74) is 0.759. The van der Waals surface area contributed by atoms with Gasteiger partial charge >= 0.3 is 5.97 Å². The highest BCUT2D eigenvalue weighted by Gasteiger charge is 2.35. The second kappa shape index (κ2) is 5.36. The predicted octanol–water partition coefficient (Wildman–Crippen LogP) is 1.74. The third-order valence-electron chi connectivity index (χ3n) is 2.88. The molecule has 1 aromatic rings. The van der Waals surface area contributed by atoms with Crippen molar-refractivity contribution in [1.29, 1.82) is 0 Å². The summed E-state index contributed by atoms with van der Waals surface area (Å²) in [5, 5.41) is 10.3. The van der Waals surface area contributed by atoms with E-state index >= 15 is 0 Å². The SMILES string of the molecule is CC1CC(=O)N(Cc2cc(C=CC(=O)O)cs2)C1=O. The number of hydrogen-bond acceptors (Lipinski definition) is 4. The smallest absolute Gasteiger partial charge is 0.328 e. The van der Waals surface area contributed by atoms with Gasteiger partial charge in [-0.25, -0.2) is 4.79 Å². The van der Waals surface area contributed by atoms with E-state index in [0.29, 0.717) is 0 Å². The number of carboxylic acids is 1. The van der Waals surface area contributed by atoms with Crippen LogP contribution in [0.15, 0.2) is 17.5 Å². The van der Waals surface area contributed by atoms with Crippen LogP contribution in [0.3, 0.4) is 0 Å². The minimum Gasteiger partial charge on any atom is -0.478 e. The largest absolute Gasteiger partial charge is 0.478 e. The molecular weight excluding hydrogens is 266 g/mol. The molecule has 0 radical (unpaired) electrons. The first-order chi connectivity index (χ1) is 8.97. The third-order valence-corrected chi connectivity index (χ3v) is 3.82. The van der Waals surface area contributed by atoms with E-state index in [2.05, 4.69) is 0 Å². The number of imide groups is 1. The fourth-order valence-electron chi connectivity index (χ4n) is 1.91. The summed E-state index contributed by atoms with van der Waals surface area (Å²) >= 11 is 1.40. The van der Waals surface area contributed by atoms with E-state index in [9.17, 15) is 14.4 Å². The molecule has 2 rings (SSSR count). The Morgan fingerprint density at radius 1 is 1.58 bits per heavy atom. The highest BCUT2D eigenvalue weighted by atomic mass is 32.1. The zero-order valence-electron chi connectivity index (χ0n) is 10.3. The maximum atomic E-state index is 11.8. The molecule has 100 valence electrons. The Bertz CT molecular complexity index is 561. The summed E-state index contributed by atoms with van der Waals surface area (Å²) in [6.45, 7) is 2.02. The van der Waals surface area contributed by atoms with Crippen LogP contribution < -0.4 is 0 Å². The first-order valence-electron chi connectivity index (χ1n) is 5.80. The number of aliphatic carboxylic acids is 1. The Balaban J connectivity index is 2.06. The lowest BCUT2D eigenvalue weighted by molar-refractivity contribution is -0.140. The number of amides is 2. The molecule has 1 N–H and O–H groups in total. The van der Waals surface area contributed by atoms with Gasteiger partial charge in [-0.15, -0.1) is 11.3 Å². The van der Waals surface area contributed by atoms with Crippen molar-refractivity contribution in [3.63, 3.8) is 0 Å². The fourth-order valence-corrected chi connectivity index (χ4v) is 2.75. The average molecular weight is 279 g/mol. The molecule has 1 fully saturated rings. The summed E-state index contributed by atoms with van der Waals surface area (Å²) in [6, 6.07) is 1.79. The van der Waals surface area contributed by atoms with Gasteiger partial charge in [-0.3, -0.25) is 14.5 Å². The first kappa shape index (κ1) is 13.5. The van der Waals surface area contributed by atoms with Crippen LogP contribution >= 0.6 is 11.3 Å². The highest BCUT2D eigenvalue weighted by Crippen LogP contribution is 2.24. The lowest BCUT2D eigenvalue weighted by Gasteiger charge is -2.12. The van der Waals surface area contributed by atoms with Crippen molar-refractivity contribution in [2.45, 2.75) is 19.9 Å². The summed E-state index contributed by atoms with van der Waals surface area (Å²) in [6.07, 6.45) is 2.81. The number of hydrogen-bond donors (Lipinski definition) is 1. The van der Waals surface area contributed by atoms with Crippen molar-refractivity contribution < 1.29 is 19.5 Å². The number of carbonyl (C=O) groups is 3. The molecule has 1 atom stereocenters. The Morgan fingerprint density at radius 2 is 2.32 bits per heavy atom. The molecule has 5 nitrogen and oxygen atoms in total. The molecule has 1 unspecified atom stereocenters. The second-order valence-electron chi connectivity index (χ2n) is 4.44. The predicted molar refractivity (Wildman–Crippen MR) is 70.3 cm³/mol. The number of nitrogens with zero attached hydrogens (tertiary/aromatic N) is 1. The van der Waals surface area contributed by atoms with E-state index in [-0.39, 0.29) is 30.7 Å². The van der Waals surface area contributed by atoms with Gasteiger partial charge in [0.25, 0.3) is 0 Å². The fraction of sp³-hybridized carbons (Fsp3) is 0.308. The van der Waals surface area contributed by atoms with Crippen LogP contribution in [-0.4, -0.2) is 27.8 Å². The van der Waals surface area contributed by atoms with Crippen molar-refractivity contribution in [3.05, 3.63) is 28.0 Å². The molecule has 6 heteroatoms. The van der Waals surface area contributed by atoms with Crippen LogP contribution in [0.5, 0.6) is 0 Å². The van der Waals surface area contributed by atoms with E-state index in [1.807, 2.05) is 0 Å². The van der Waals surface area contributed by atoms with Gasteiger partial charge in [0, 0.05) is 23.3 Å². The van der Waals surface area contributed by atoms with Gasteiger partial charge in [-0.1, -0.05) is 6.92 Å². The van der Waals surface area contributed by atoms with Crippen molar-refractivity contribution in [2.75, 3.05) is 0 Å². The first-order valence-corrected chi connectivity index (χ1v) is 6.68. The van der Waals surface area contributed by atoms with Crippen LogP contribution in [-0.2, 0) is 20.9 Å². The number of carbonyl (C=O) groups excluding carboxylic acids is 2. The monoisotopic (exact) mass is 279 g/mol. The van der Waals surface area contributed by atoms with E-state index in [1.54, 1.807) is 18.4 Å². The zero-order chi connectivity index (χ0) is 14.0. The molecule has 19 heavy (non-hydrogen) atoms. The van der Waals surface area contributed by atoms with E-state index in [1.165, 1.54) is 22.3 Å². The van der Waals surface area contributed by atoms with E-state index in [0.717, 1.165) is 16.5 Å². The van der Waals surface area contributed by atoms with Gasteiger partial charge in [-0.2, -0.15) is 0 Å². The molecule has 2 heterocycles. The van der Waals surface area contributed by atoms with Crippen LogP contribution in [0.25, 0.3) is 6.08 Å². The van der Waals surface area contributed by atoms with E-state index in [4.69, 9.17) is 5.11 Å². The molecule has 1 saturated heterocycles. The summed E-state index contributed by atoms with van der Waals surface area (Å²) in [7, 11) is 0. The number of thiophene rings is 1. The Morgan fingerprint density at radius 3 is 2.89 bits per heavy atom. The third kappa shape index (κ3) is 3.08. The quantitative estimate of drug-likeness (QED) is 0.673. The van der Waals surface area contributed by atoms with Crippen LogP contribution in [0.1, 0.15) is 23.8 Å². The molecule has 0 bridgehead atoms. The highest BCUT2D eigenvalue weighted by molar-refractivity contribution is 7.10. The molecule has 1 aliphatic heterocycles. The molecule has 2 amide bonds. The van der Waals surface area contributed by atoms with Gasteiger partial charge < -0.3 is 5.11 Å². The zero-order valence-corrected chi connectivity index (χ0v) is 11.1. The normalized spacial score (nSPS) is 19.6. The van der Waals surface area contributed by atoms with Crippen molar-refractivity contribution in [1.82, 2.24) is 4.90 Å². The van der Waals surface area contributed by atoms with Gasteiger partial charge in [-0.05, 0) is 23.1 Å². The Kier molecular flexibility index (Phi) is 3.80. The minimum absolute atomic E-state index is 0.138. The van der Waals surface area contributed by atoms with Crippen LogP contribution in [0.2, 0.25) is 0 Å². The van der Waals surface area contributed by atoms with Gasteiger partial charge in [0.05, 0.1) is 6.54 Å². The lowest BCUT2D eigenvalue weighted by Crippen LogP contribution is -2.29. The molecule has 1 aliphatic rings. The maximum absolute atomic E-state index is 11.8. The summed E-state index contributed by atoms with van der Waals surface area (Å²) in [5.74, 6) is -1.53. The van der Waals surface area contributed by atoms with Crippen molar-refractivity contribution >= 4 is 35.2 Å². The topological polar surface area (TPSA) is 74.7 Å². The maximum Gasteiger partial charge on any atom is 0.328 e. The molecule has 1 aromatic heterocycles. The lowest BCUT2D eigenvalue weighted by atomic mass is 10.1. The number of carboxylic acid groups (broad SMARTS) is 1. The van der Waals surface area contributed by atoms with Crippen LogP contribution in [0, 0.1) is 5.92 Å².